The van der Waals surface area contributed by atoms with Crippen molar-refractivity contribution in [2.45, 2.75) is 25.8 Å². The topological polar surface area (TPSA) is 93.9 Å². The minimum Gasteiger partial charge on any atom is -0.495 e. The van der Waals surface area contributed by atoms with Gasteiger partial charge < -0.3 is 25.4 Å². The highest BCUT2D eigenvalue weighted by Crippen LogP contribution is 2.26. The van der Waals surface area contributed by atoms with Crippen LogP contribution >= 0.6 is 12.4 Å². The van der Waals surface area contributed by atoms with Gasteiger partial charge in [0.05, 0.1) is 26.0 Å². The minimum atomic E-state index is -0.151. The molecular weight excluding hydrogens is 346 g/mol. The number of hydrogen-bond donors (Lipinski definition) is 2. The summed E-state index contributed by atoms with van der Waals surface area (Å²) in [5, 5.41) is 2.80. The second-order valence-electron chi connectivity index (χ2n) is 5.88. The highest BCUT2D eigenvalue weighted by Gasteiger charge is 2.20. The van der Waals surface area contributed by atoms with Gasteiger partial charge in [-0.05, 0) is 31.5 Å². The number of hydrogen-bond acceptors (Lipinski definition) is 5. The van der Waals surface area contributed by atoms with Crippen molar-refractivity contribution in [1.82, 2.24) is 4.90 Å². The van der Waals surface area contributed by atoms with Gasteiger partial charge in [0, 0.05) is 31.1 Å². The summed E-state index contributed by atoms with van der Waals surface area (Å²) in [7, 11) is 1.52. The van der Waals surface area contributed by atoms with E-state index in [2.05, 4.69) is 5.32 Å². The molecule has 0 saturated carbocycles. The first-order valence-corrected chi connectivity index (χ1v) is 8.11. The Morgan fingerprint density at radius 2 is 2.04 bits per heavy atom. The summed E-state index contributed by atoms with van der Waals surface area (Å²) in [6, 6.07) is 5.01. The molecule has 1 aromatic rings. The number of anilines is 1. The van der Waals surface area contributed by atoms with E-state index in [1.54, 1.807) is 23.1 Å². The molecule has 1 heterocycles. The zero-order valence-corrected chi connectivity index (χ0v) is 15.4. The summed E-state index contributed by atoms with van der Waals surface area (Å²) in [5.74, 6) is 0.288. The fourth-order valence-electron chi connectivity index (χ4n) is 2.46. The van der Waals surface area contributed by atoms with Gasteiger partial charge in [-0.15, -0.1) is 12.4 Å². The number of carbonyl (C=O) groups excluding carboxylic acids is 2. The van der Waals surface area contributed by atoms with Crippen molar-refractivity contribution in [2.24, 2.45) is 5.73 Å². The van der Waals surface area contributed by atoms with Crippen LogP contribution in [0.1, 0.15) is 30.1 Å². The maximum atomic E-state index is 12.6. The van der Waals surface area contributed by atoms with Crippen LogP contribution in [0, 0.1) is 0 Å². The molecule has 2 amide bonds. The zero-order chi connectivity index (χ0) is 17.5. The van der Waals surface area contributed by atoms with Crippen molar-refractivity contribution >= 4 is 29.9 Å². The predicted octanol–water partition coefficient (Wildman–Crippen LogP) is 1.66. The first-order valence-electron chi connectivity index (χ1n) is 8.11. The average Bonchev–Trinajstić information content (AvgIpc) is 2.60. The minimum absolute atomic E-state index is 0. The molecule has 1 aliphatic heterocycles. The number of rotatable bonds is 6. The van der Waals surface area contributed by atoms with E-state index >= 15 is 0 Å². The van der Waals surface area contributed by atoms with Gasteiger partial charge in [-0.3, -0.25) is 9.59 Å². The third kappa shape index (κ3) is 6.19. The molecule has 25 heavy (non-hydrogen) atoms. The second kappa shape index (κ2) is 10.2. The highest BCUT2D eigenvalue weighted by molar-refractivity contribution is 5.98. The number of ether oxygens (including phenoxy) is 2. The van der Waals surface area contributed by atoms with Crippen molar-refractivity contribution < 1.29 is 19.1 Å². The fourth-order valence-corrected chi connectivity index (χ4v) is 2.46. The maximum absolute atomic E-state index is 12.6. The third-order valence-electron chi connectivity index (χ3n) is 3.85. The predicted molar refractivity (Wildman–Crippen MR) is 98.5 cm³/mol. The van der Waals surface area contributed by atoms with Crippen LogP contribution in [-0.2, 0) is 9.53 Å². The van der Waals surface area contributed by atoms with E-state index in [9.17, 15) is 9.59 Å². The van der Waals surface area contributed by atoms with Crippen molar-refractivity contribution in [3.63, 3.8) is 0 Å². The Bertz CT molecular complexity index is 589. The lowest BCUT2D eigenvalue weighted by Crippen LogP contribution is -2.40. The first kappa shape index (κ1) is 21.2. The summed E-state index contributed by atoms with van der Waals surface area (Å²) < 4.78 is 10.5. The monoisotopic (exact) mass is 371 g/mol. The zero-order valence-electron chi connectivity index (χ0n) is 14.6. The van der Waals surface area contributed by atoms with Gasteiger partial charge >= 0.3 is 0 Å². The molecule has 1 aromatic carbocycles. The van der Waals surface area contributed by atoms with Crippen LogP contribution in [0.3, 0.4) is 0 Å². The van der Waals surface area contributed by atoms with Crippen LogP contribution in [0.15, 0.2) is 18.2 Å². The number of amides is 2. The summed E-state index contributed by atoms with van der Waals surface area (Å²) >= 11 is 0. The molecule has 0 spiro atoms. The third-order valence-corrected chi connectivity index (χ3v) is 3.85. The molecule has 1 aliphatic rings. The molecule has 1 unspecified atom stereocenters. The second-order valence-corrected chi connectivity index (χ2v) is 5.88. The Morgan fingerprint density at radius 1 is 1.36 bits per heavy atom. The number of nitrogens with two attached hydrogens (primary N) is 1. The number of benzene rings is 1. The van der Waals surface area contributed by atoms with Gasteiger partial charge in [0.1, 0.15) is 5.75 Å². The Kier molecular flexibility index (Phi) is 8.68. The average molecular weight is 372 g/mol. The Hall–Kier alpha value is -1.83. The number of morpholine rings is 1. The quantitative estimate of drug-likeness (QED) is 0.793. The molecule has 7 nitrogen and oxygen atoms in total. The molecule has 0 bridgehead atoms. The Labute approximate surface area is 154 Å². The maximum Gasteiger partial charge on any atom is 0.254 e. The van der Waals surface area contributed by atoms with E-state index in [0.717, 1.165) is 0 Å². The normalized spacial score (nSPS) is 15.1. The molecule has 1 atom stereocenters. The lowest BCUT2D eigenvalue weighted by Gasteiger charge is -2.27. The summed E-state index contributed by atoms with van der Waals surface area (Å²) in [6.07, 6.45) is 0.920. The summed E-state index contributed by atoms with van der Waals surface area (Å²) in [6.45, 7) is 4.09. The van der Waals surface area contributed by atoms with Gasteiger partial charge in [0.25, 0.3) is 5.91 Å². The number of carbonyl (C=O) groups is 2. The first-order chi connectivity index (χ1) is 11.5. The lowest BCUT2D eigenvalue weighted by atomic mass is 10.1. The summed E-state index contributed by atoms with van der Waals surface area (Å²) in [4.78, 5) is 26.3. The Morgan fingerprint density at radius 3 is 2.64 bits per heavy atom. The lowest BCUT2D eigenvalue weighted by molar-refractivity contribution is -0.116. The van der Waals surface area contributed by atoms with Crippen LogP contribution in [0.2, 0.25) is 0 Å². The van der Waals surface area contributed by atoms with Crippen LogP contribution in [0.4, 0.5) is 5.69 Å². The molecule has 0 radical (unpaired) electrons. The summed E-state index contributed by atoms with van der Waals surface area (Å²) in [5.41, 5.74) is 6.68. The number of nitrogens with zero attached hydrogens (tertiary/aromatic N) is 1. The van der Waals surface area contributed by atoms with E-state index in [-0.39, 0.29) is 30.3 Å². The Balaban J connectivity index is 0.00000312. The molecule has 3 N–H and O–H groups in total. The van der Waals surface area contributed by atoms with Crippen LogP contribution in [0.25, 0.3) is 0 Å². The van der Waals surface area contributed by atoms with Crippen molar-refractivity contribution in [3.05, 3.63) is 23.8 Å². The standard InChI is InChI=1S/C17H25N3O4.ClH/c1-12(18)3-6-16(21)19-14-11-13(4-5-15(14)23-2)17(22)20-7-9-24-10-8-20;/h4-5,11-12H,3,6-10,18H2,1-2H3,(H,19,21);1H. The number of nitrogens with one attached hydrogen (secondary N) is 1. The SMILES string of the molecule is COc1ccc(C(=O)N2CCOCC2)cc1NC(=O)CCC(C)N.Cl. The van der Waals surface area contributed by atoms with Crippen LogP contribution in [0.5, 0.6) is 5.75 Å². The van der Waals surface area contributed by atoms with E-state index in [4.69, 9.17) is 15.2 Å². The van der Waals surface area contributed by atoms with Crippen LogP contribution < -0.4 is 15.8 Å². The van der Waals surface area contributed by atoms with Gasteiger partial charge in [-0.25, -0.2) is 0 Å². The van der Waals surface area contributed by atoms with Crippen molar-refractivity contribution in [1.29, 1.82) is 0 Å². The van der Waals surface area contributed by atoms with Crippen molar-refractivity contribution in [3.8, 4) is 5.75 Å². The van der Waals surface area contributed by atoms with E-state index < -0.39 is 0 Å². The molecule has 0 aromatic heterocycles. The molecule has 8 heteroatoms. The van der Waals surface area contributed by atoms with E-state index in [1.165, 1.54) is 7.11 Å². The highest BCUT2D eigenvalue weighted by atomic mass is 35.5. The fraction of sp³-hybridized carbons (Fsp3) is 0.529. The van der Waals surface area contributed by atoms with E-state index in [1.807, 2.05) is 6.92 Å². The van der Waals surface area contributed by atoms with Gasteiger partial charge in [-0.2, -0.15) is 0 Å². The van der Waals surface area contributed by atoms with Gasteiger partial charge in [-0.1, -0.05) is 0 Å². The molecule has 2 rings (SSSR count). The van der Waals surface area contributed by atoms with Crippen molar-refractivity contribution in [2.75, 3.05) is 38.7 Å². The molecular formula is C17H26ClN3O4. The molecule has 140 valence electrons. The number of halogens is 1. The van der Waals surface area contributed by atoms with Gasteiger partial charge in [0.2, 0.25) is 5.91 Å². The number of methoxy groups -OCH3 is 1. The molecule has 1 saturated heterocycles. The van der Waals surface area contributed by atoms with Gasteiger partial charge in [0.15, 0.2) is 0 Å². The molecule has 0 aliphatic carbocycles. The van der Waals surface area contributed by atoms with Crippen LogP contribution in [-0.4, -0.2) is 56.2 Å². The molecule has 1 fully saturated rings. The smallest absolute Gasteiger partial charge is 0.254 e. The largest absolute Gasteiger partial charge is 0.495 e. The van der Waals surface area contributed by atoms with E-state index in [0.29, 0.717) is 56.1 Å².